The minimum absolute atomic E-state index is 0.154. The lowest BCUT2D eigenvalue weighted by molar-refractivity contribution is -0.123. The van der Waals surface area contributed by atoms with E-state index in [-0.39, 0.29) is 11.9 Å². The number of nitrogens with one attached hydrogen (secondary N) is 1. The Morgan fingerprint density at radius 3 is 2.46 bits per heavy atom. The number of hydrogen-bond donors (Lipinski definition) is 1. The van der Waals surface area contributed by atoms with Crippen LogP contribution in [0.25, 0.3) is 0 Å². The molecule has 1 saturated carbocycles. The molecule has 5 nitrogen and oxygen atoms in total. The van der Waals surface area contributed by atoms with Crippen LogP contribution in [0.5, 0.6) is 0 Å². The number of hydrogen-bond acceptors (Lipinski definition) is 4. The third-order valence-electron chi connectivity index (χ3n) is 5.01. The number of nitrogens with zero attached hydrogens (tertiary/aromatic N) is 2. The molecular formula is C19H29N3O2. The molecule has 1 aromatic carbocycles. The number of carbonyl (C=O) groups excluding carboxylic acids is 1. The van der Waals surface area contributed by atoms with Gasteiger partial charge in [-0.25, -0.2) is 0 Å². The molecule has 1 N–H and O–H groups in total. The summed E-state index contributed by atoms with van der Waals surface area (Å²) < 4.78 is 5.13. The number of rotatable bonds is 8. The summed E-state index contributed by atoms with van der Waals surface area (Å²) in [4.78, 5) is 17.1. The van der Waals surface area contributed by atoms with Crippen molar-refractivity contribution in [1.29, 1.82) is 0 Å². The molecule has 2 aliphatic rings. The molecule has 0 radical (unpaired) electrons. The van der Waals surface area contributed by atoms with Crippen LogP contribution >= 0.6 is 0 Å². The van der Waals surface area contributed by atoms with Gasteiger partial charge in [0.15, 0.2) is 0 Å². The van der Waals surface area contributed by atoms with Crippen LogP contribution in [0.1, 0.15) is 24.4 Å². The minimum atomic E-state index is 0.154. The fourth-order valence-corrected chi connectivity index (χ4v) is 3.38. The lowest BCUT2D eigenvalue weighted by atomic mass is 10.0. The zero-order valence-corrected chi connectivity index (χ0v) is 14.6. The maximum Gasteiger partial charge on any atom is 0.234 e. The van der Waals surface area contributed by atoms with Gasteiger partial charge in [0.05, 0.1) is 19.2 Å². The van der Waals surface area contributed by atoms with E-state index < -0.39 is 0 Å². The molecule has 1 amide bonds. The highest BCUT2D eigenvalue weighted by atomic mass is 16.5. The Hall–Kier alpha value is -1.43. The molecule has 1 aliphatic heterocycles. The fraction of sp³-hybridized carbons (Fsp3) is 0.632. The van der Waals surface area contributed by atoms with Gasteiger partial charge in [-0.15, -0.1) is 0 Å². The van der Waals surface area contributed by atoms with E-state index in [1.54, 1.807) is 7.11 Å². The van der Waals surface area contributed by atoms with Crippen LogP contribution in [0.15, 0.2) is 30.3 Å². The normalized spacial score (nSPS) is 20.7. The van der Waals surface area contributed by atoms with Crippen molar-refractivity contribution in [3.63, 3.8) is 0 Å². The number of benzene rings is 1. The van der Waals surface area contributed by atoms with Gasteiger partial charge in [-0.3, -0.25) is 14.6 Å². The van der Waals surface area contributed by atoms with Gasteiger partial charge in [0.25, 0.3) is 0 Å². The zero-order valence-electron chi connectivity index (χ0n) is 14.6. The van der Waals surface area contributed by atoms with Crippen molar-refractivity contribution in [2.24, 2.45) is 5.92 Å². The summed E-state index contributed by atoms with van der Waals surface area (Å²) in [5.41, 5.74) is 1.23. The molecule has 1 heterocycles. The average molecular weight is 331 g/mol. The van der Waals surface area contributed by atoms with Crippen molar-refractivity contribution in [2.45, 2.75) is 18.9 Å². The second-order valence-corrected chi connectivity index (χ2v) is 6.90. The predicted molar refractivity (Wildman–Crippen MR) is 94.8 cm³/mol. The van der Waals surface area contributed by atoms with Crippen molar-refractivity contribution >= 4 is 5.91 Å². The summed E-state index contributed by atoms with van der Waals surface area (Å²) in [5.74, 6) is 0.767. The maximum atomic E-state index is 12.5. The number of amides is 1. The van der Waals surface area contributed by atoms with Crippen molar-refractivity contribution in [3.8, 4) is 0 Å². The third-order valence-corrected chi connectivity index (χ3v) is 5.01. The van der Waals surface area contributed by atoms with Crippen molar-refractivity contribution in [3.05, 3.63) is 35.9 Å². The SMILES string of the molecule is COCCN1CCN(CC(=O)N[C@@H](c2ccccc2)C2CC2)CC1. The van der Waals surface area contributed by atoms with Gasteiger partial charge in [-0.05, 0) is 24.3 Å². The van der Waals surface area contributed by atoms with Crippen molar-refractivity contribution in [2.75, 3.05) is 53.0 Å². The van der Waals surface area contributed by atoms with Crippen LogP contribution in [-0.2, 0) is 9.53 Å². The van der Waals surface area contributed by atoms with Crippen molar-refractivity contribution in [1.82, 2.24) is 15.1 Å². The van der Waals surface area contributed by atoms with Gasteiger partial charge in [-0.2, -0.15) is 0 Å². The quantitative estimate of drug-likeness (QED) is 0.784. The lowest BCUT2D eigenvalue weighted by Crippen LogP contribution is -2.50. The van der Waals surface area contributed by atoms with Crippen LogP contribution in [-0.4, -0.2) is 68.7 Å². The molecule has 1 atom stereocenters. The minimum Gasteiger partial charge on any atom is -0.383 e. The summed E-state index contributed by atoms with van der Waals surface area (Å²) in [7, 11) is 1.74. The molecule has 0 aromatic heterocycles. The van der Waals surface area contributed by atoms with Gasteiger partial charge in [0.1, 0.15) is 0 Å². The lowest BCUT2D eigenvalue weighted by Gasteiger charge is -2.34. The maximum absolute atomic E-state index is 12.5. The monoisotopic (exact) mass is 331 g/mol. The van der Waals surface area contributed by atoms with E-state index in [1.807, 2.05) is 6.07 Å². The van der Waals surface area contributed by atoms with Crippen LogP contribution in [0.3, 0.4) is 0 Å². The molecule has 1 aliphatic carbocycles. The summed E-state index contributed by atoms with van der Waals surface area (Å²) >= 11 is 0. The van der Waals surface area contributed by atoms with E-state index in [0.29, 0.717) is 12.5 Å². The predicted octanol–water partition coefficient (Wildman–Crippen LogP) is 1.52. The Labute approximate surface area is 145 Å². The summed E-state index contributed by atoms with van der Waals surface area (Å²) in [6.07, 6.45) is 2.44. The first-order chi connectivity index (χ1) is 11.8. The first-order valence-electron chi connectivity index (χ1n) is 9.04. The Balaban J connectivity index is 1.45. The first kappa shape index (κ1) is 17.4. The summed E-state index contributed by atoms with van der Waals surface area (Å²) in [6.45, 7) is 6.21. The number of piperazine rings is 1. The standard InChI is InChI=1S/C19H29N3O2/c1-24-14-13-21-9-11-22(12-10-21)15-18(23)20-19(17-7-8-17)16-5-3-2-4-6-16/h2-6,17,19H,7-15H2,1H3,(H,20,23)/t19-/m0/s1. The molecule has 3 rings (SSSR count). The van der Waals surface area contributed by atoms with E-state index in [4.69, 9.17) is 4.74 Å². The topological polar surface area (TPSA) is 44.8 Å². The molecule has 132 valence electrons. The highest BCUT2D eigenvalue weighted by Gasteiger charge is 2.33. The number of ether oxygens (including phenoxy) is 1. The number of carbonyl (C=O) groups is 1. The van der Waals surface area contributed by atoms with Crippen LogP contribution < -0.4 is 5.32 Å². The van der Waals surface area contributed by atoms with Gasteiger partial charge in [-0.1, -0.05) is 30.3 Å². The molecule has 24 heavy (non-hydrogen) atoms. The Kier molecular flexibility index (Phi) is 6.24. The Morgan fingerprint density at radius 1 is 1.17 bits per heavy atom. The molecule has 0 spiro atoms. The fourth-order valence-electron chi connectivity index (χ4n) is 3.38. The van der Waals surface area contributed by atoms with Gasteiger partial charge >= 0.3 is 0 Å². The average Bonchev–Trinajstić information content (AvgIpc) is 3.45. The van der Waals surface area contributed by atoms with Crippen LogP contribution in [0.2, 0.25) is 0 Å². The molecular weight excluding hydrogens is 302 g/mol. The molecule has 1 aromatic rings. The van der Waals surface area contributed by atoms with E-state index in [2.05, 4.69) is 39.4 Å². The van der Waals surface area contributed by atoms with E-state index in [9.17, 15) is 4.79 Å². The molecule has 5 heteroatoms. The highest BCUT2D eigenvalue weighted by molar-refractivity contribution is 5.78. The van der Waals surface area contributed by atoms with Gasteiger partial charge < -0.3 is 10.1 Å². The molecule has 1 saturated heterocycles. The van der Waals surface area contributed by atoms with E-state index in [1.165, 1.54) is 18.4 Å². The first-order valence-corrected chi connectivity index (χ1v) is 9.04. The van der Waals surface area contributed by atoms with Crippen LogP contribution in [0, 0.1) is 5.92 Å². The third kappa shape index (κ3) is 5.03. The Bertz CT molecular complexity index is 511. The smallest absolute Gasteiger partial charge is 0.234 e. The molecule has 2 fully saturated rings. The zero-order chi connectivity index (χ0) is 16.8. The highest BCUT2D eigenvalue weighted by Crippen LogP contribution is 2.40. The molecule has 0 unspecified atom stereocenters. The van der Waals surface area contributed by atoms with E-state index in [0.717, 1.165) is 39.3 Å². The van der Waals surface area contributed by atoms with Gasteiger partial charge in [0.2, 0.25) is 5.91 Å². The van der Waals surface area contributed by atoms with Gasteiger partial charge in [0, 0.05) is 39.8 Å². The second kappa shape index (κ2) is 8.60. The molecule has 0 bridgehead atoms. The largest absolute Gasteiger partial charge is 0.383 e. The summed E-state index contributed by atoms with van der Waals surface area (Å²) in [6, 6.07) is 10.6. The Morgan fingerprint density at radius 2 is 1.83 bits per heavy atom. The van der Waals surface area contributed by atoms with E-state index >= 15 is 0 Å². The van der Waals surface area contributed by atoms with Crippen molar-refractivity contribution < 1.29 is 9.53 Å². The summed E-state index contributed by atoms with van der Waals surface area (Å²) in [5, 5.41) is 3.27. The second-order valence-electron chi connectivity index (χ2n) is 6.90. The van der Waals surface area contributed by atoms with Crippen LogP contribution in [0.4, 0.5) is 0 Å². The number of methoxy groups -OCH3 is 1.